The van der Waals surface area contributed by atoms with E-state index in [1.807, 2.05) is 36.4 Å². The van der Waals surface area contributed by atoms with Gasteiger partial charge in [0.1, 0.15) is 0 Å². The van der Waals surface area contributed by atoms with E-state index in [9.17, 15) is 13.6 Å². The van der Waals surface area contributed by atoms with E-state index < -0.39 is 10.4 Å². The van der Waals surface area contributed by atoms with Crippen LogP contribution >= 0.6 is 0 Å². The number of rotatable bonds is 3. The first-order valence-electron chi connectivity index (χ1n) is 9.81. The second-order valence-electron chi connectivity index (χ2n) is 7.88. The van der Waals surface area contributed by atoms with Gasteiger partial charge in [0.05, 0.1) is 17.8 Å². The highest BCUT2D eigenvalue weighted by Crippen LogP contribution is 2.35. The highest BCUT2D eigenvalue weighted by Gasteiger charge is 2.41. The summed E-state index contributed by atoms with van der Waals surface area (Å²) < 4.78 is 27.8. The van der Waals surface area contributed by atoms with Gasteiger partial charge in [0.15, 0.2) is 15.3 Å². The molecule has 0 saturated carbocycles. The van der Waals surface area contributed by atoms with Gasteiger partial charge in [0, 0.05) is 32.2 Å². The number of amides is 1. The van der Waals surface area contributed by atoms with Crippen LogP contribution in [0, 0.1) is 0 Å². The molecular weight excluding hydrogens is 388 g/mol. The molecule has 29 heavy (non-hydrogen) atoms. The van der Waals surface area contributed by atoms with Crippen molar-refractivity contribution in [3.05, 3.63) is 54.1 Å². The van der Waals surface area contributed by atoms with E-state index in [0.717, 1.165) is 38.2 Å². The Balaban J connectivity index is 1.40. The molecule has 0 radical (unpaired) electrons. The normalized spacial score (nSPS) is 23.7. The van der Waals surface area contributed by atoms with Gasteiger partial charge in [-0.2, -0.15) is 0 Å². The summed E-state index contributed by atoms with van der Waals surface area (Å²) in [6.07, 6.45) is 1.71. The maximum Gasteiger partial charge on any atom is 0.221 e. The third-order valence-electron chi connectivity index (χ3n) is 5.67. The van der Waals surface area contributed by atoms with E-state index in [4.69, 9.17) is 0 Å². The number of nitrogens with one attached hydrogen (secondary N) is 3. The highest BCUT2D eigenvalue weighted by atomic mass is 32.3. The van der Waals surface area contributed by atoms with E-state index in [2.05, 4.69) is 20.3 Å². The molecule has 7 nitrogen and oxygen atoms in total. The second kappa shape index (κ2) is 7.87. The molecule has 2 heterocycles. The smallest absolute Gasteiger partial charge is 0.221 e. The van der Waals surface area contributed by atoms with Crippen LogP contribution in [0.1, 0.15) is 25.3 Å². The lowest BCUT2D eigenvalue weighted by atomic mass is 9.87. The molecule has 1 atom stereocenters. The number of fused-ring (bicyclic) bond motifs is 1. The van der Waals surface area contributed by atoms with Gasteiger partial charge < -0.3 is 15.2 Å². The number of carbonyl (C=O) groups is 1. The molecule has 0 aliphatic carbocycles. The zero-order chi connectivity index (χ0) is 20.5. The molecule has 1 saturated heterocycles. The summed E-state index contributed by atoms with van der Waals surface area (Å²) in [7, 11) is -3.48. The van der Waals surface area contributed by atoms with Crippen molar-refractivity contribution in [2.45, 2.75) is 36.7 Å². The molecule has 154 valence electrons. The summed E-state index contributed by atoms with van der Waals surface area (Å²) in [5, 5.41) is 6.31. The summed E-state index contributed by atoms with van der Waals surface area (Å²) in [6, 6.07) is 15.0. The molecule has 1 amide bonds. The predicted molar refractivity (Wildman–Crippen MR) is 113 cm³/mol. The topological polar surface area (TPSA) is 96.5 Å². The van der Waals surface area contributed by atoms with Crippen molar-refractivity contribution < 1.29 is 13.6 Å². The fourth-order valence-corrected chi connectivity index (χ4v) is 5.33. The molecule has 1 spiro atoms. The van der Waals surface area contributed by atoms with Crippen molar-refractivity contribution in [3.63, 3.8) is 0 Å². The van der Waals surface area contributed by atoms with Crippen LogP contribution in [0.4, 0.5) is 11.4 Å². The van der Waals surface area contributed by atoms with Crippen LogP contribution < -0.4 is 15.4 Å². The number of benzene rings is 2. The number of nitrogens with zero attached hydrogens (tertiary/aromatic N) is 1. The monoisotopic (exact) mass is 414 g/mol. The quantitative estimate of drug-likeness (QED) is 0.671. The van der Waals surface area contributed by atoms with Crippen LogP contribution in [0.15, 0.2) is 53.4 Å². The van der Waals surface area contributed by atoms with Gasteiger partial charge in [-0.25, -0.2) is 0 Å². The Morgan fingerprint density at radius 1 is 1.17 bits per heavy atom. The summed E-state index contributed by atoms with van der Waals surface area (Å²) in [6.45, 7) is 4.48. The Morgan fingerprint density at radius 3 is 2.55 bits per heavy atom. The van der Waals surface area contributed by atoms with E-state index in [-0.39, 0.29) is 11.4 Å². The van der Waals surface area contributed by atoms with Crippen LogP contribution in [-0.2, 0) is 25.9 Å². The highest BCUT2D eigenvalue weighted by molar-refractivity contribution is 7.96. The zero-order valence-corrected chi connectivity index (χ0v) is 17.3. The fraction of sp³-hybridized carbons (Fsp3) is 0.381. The number of hydrogen-bond acceptors (Lipinski definition) is 5. The first kappa shape index (κ1) is 20.0. The number of anilines is 2. The molecule has 1 unspecified atom stereocenters. The van der Waals surface area contributed by atoms with Crippen LogP contribution in [0.2, 0.25) is 0 Å². The maximum atomic E-state index is 12.5. The number of hydrogen-bond donors (Lipinski definition) is 3. The summed E-state index contributed by atoms with van der Waals surface area (Å²) in [5.74, 6) is -0.0767. The molecule has 4 rings (SSSR count). The minimum atomic E-state index is -3.48. The van der Waals surface area contributed by atoms with Crippen molar-refractivity contribution in [2.75, 3.05) is 30.3 Å². The minimum absolute atomic E-state index is 0.0767. The minimum Gasteiger partial charge on any atom is -0.593 e. The average Bonchev–Trinajstić information content (AvgIpc) is 2.80. The molecule has 3 N–H and O–H groups in total. The summed E-state index contributed by atoms with van der Waals surface area (Å²) in [5.41, 5.74) is 2.40. The average molecular weight is 415 g/mol. The van der Waals surface area contributed by atoms with E-state index in [1.165, 1.54) is 12.5 Å². The molecular formula is C21H26N4O3S. The Labute approximate surface area is 172 Å². The molecule has 0 aromatic heterocycles. The Morgan fingerprint density at radius 2 is 1.86 bits per heavy atom. The van der Waals surface area contributed by atoms with Crippen molar-refractivity contribution >= 4 is 27.7 Å². The van der Waals surface area contributed by atoms with Crippen LogP contribution in [0.5, 0.6) is 0 Å². The lowest BCUT2D eigenvalue weighted by Gasteiger charge is -2.41. The Bertz CT molecular complexity index is 939. The summed E-state index contributed by atoms with van der Waals surface area (Å²) >= 11 is 0. The van der Waals surface area contributed by atoms with E-state index in [0.29, 0.717) is 17.1 Å². The number of piperidine rings is 1. The van der Waals surface area contributed by atoms with Gasteiger partial charge in [-0.1, -0.05) is 28.5 Å². The Hall–Kier alpha value is -2.26. The standard InChI is InChI=1S/C21H26N4O3S/c1-16(26)23-18-8-6-17(7-9-18)14-25-12-10-21(11-13-25)15-22-29(27,28)20-5-3-2-4-19(20)24-21/h2-9H,10-15H2,1H3,(H3-,22,23,24,26,27,28). The fourth-order valence-electron chi connectivity index (χ4n) is 4.04. The molecule has 0 bridgehead atoms. The first-order valence-corrected chi connectivity index (χ1v) is 11.3. The molecule has 1 fully saturated rings. The SMILES string of the molecule is CC(=O)Nc1ccc(CN2CCC3(CC2)CN[S+](=O)([O-])c2ccccc2N3)cc1. The molecule has 2 aliphatic rings. The third kappa shape index (κ3) is 4.51. The van der Waals surface area contributed by atoms with Gasteiger partial charge in [-0.3, -0.25) is 9.69 Å². The van der Waals surface area contributed by atoms with Gasteiger partial charge >= 0.3 is 0 Å². The zero-order valence-electron chi connectivity index (χ0n) is 16.4. The second-order valence-corrected chi connectivity index (χ2v) is 9.62. The molecule has 8 heteroatoms. The first-order chi connectivity index (χ1) is 13.9. The molecule has 2 aromatic rings. The lowest BCUT2D eigenvalue weighted by Crippen LogP contribution is -2.54. The van der Waals surface area contributed by atoms with Gasteiger partial charge in [0.25, 0.3) is 0 Å². The number of carbonyl (C=O) groups excluding carboxylic acids is 1. The summed E-state index contributed by atoms with van der Waals surface area (Å²) in [4.78, 5) is 13.8. The van der Waals surface area contributed by atoms with Crippen molar-refractivity contribution in [1.82, 2.24) is 9.62 Å². The number of para-hydroxylation sites is 1. The van der Waals surface area contributed by atoms with Gasteiger partial charge in [-0.05, 0) is 42.7 Å². The Kier molecular flexibility index (Phi) is 5.44. The lowest BCUT2D eigenvalue weighted by molar-refractivity contribution is -0.114. The predicted octanol–water partition coefficient (Wildman–Crippen LogP) is 2.60. The van der Waals surface area contributed by atoms with Crippen LogP contribution in [-0.4, -0.2) is 40.5 Å². The number of sulfonamides is 1. The number of likely N-dealkylation sites (tertiary alicyclic amines) is 1. The van der Waals surface area contributed by atoms with Gasteiger partial charge in [0.2, 0.25) is 5.91 Å². The van der Waals surface area contributed by atoms with Crippen molar-refractivity contribution in [2.24, 2.45) is 0 Å². The van der Waals surface area contributed by atoms with E-state index >= 15 is 0 Å². The van der Waals surface area contributed by atoms with Crippen LogP contribution in [0.3, 0.4) is 0 Å². The third-order valence-corrected chi connectivity index (χ3v) is 7.13. The van der Waals surface area contributed by atoms with E-state index in [1.54, 1.807) is 12.1 Å². The maximum absolute atomic E-state index is 12.5. The van der Waals surface area contributed by atoms with Crippen molar-refractivity contribution in [3.8, 4) is 0 Å². The largest absolute Gasteiger partial charge is 0.593 e. The molecule has 2 aromatic carbocycles. The van der Waals surface area contributed by atoms with Crippen molar-refractivity contribution in [1.29, 1.82) is 0 Å². The van der Waals surface area contributed by atoms with Crippen LogP contribution in [0.25, 0.3) is 0 Å². The van der Waals surface area contributed by atoms with Gasteiger partial charge in [-0.15, -0.1) is 4.72 Å². The molecule has 2 aliphatic heterocycles.